The zero-order valence-corrected chi connectivity index (χ0v) is 12.9. The monoisotopic (exact) mass is 294 g/mol. The van der Waals surface area contributed by atoms with E-state index in [1.807, 2.05) is 7.05 Å². The predicted molar refractivity (Wildman–Crippen MR) is 85.6 cm³/mol. The average molecular weight is 294 g/mol. The summed E-state index contributed by atoms with van der Waals surface area (Å²) in [4.78, 5) is 14.3. The standard InChI is InChI=1S/C17H18N4O/c1-11-4-5-14(12(2)8-11)10-21(3)17(22)13-6-7-15-16(9-13)19-20-18-15/h4-9H,10H2,1-3H3,(H,18,19,20). The van der Waals surface area contributed by atoms with Crippen LogP contribution >= 0.6 is 0 Å². The highest BCUT2D eigenvalue weighted by molar-refractivity contribution is 5.97. The van der Waals surface area contributed by atoms with Gasteiger partial charge in [0.05, 0.1) is 0 Å². The Kier molecular flexibility index (Phi) is 3.63. The lowest BCUT2D eigenvalue weighted by Crippen LogP contribution is -2.26. The first-order valence-corrected chi connectivity index (χ1v) is 7.17. The molecule has 0 saturated heterocycles. The number of carbonyl (C=O) groups excluding carboxylic acids is 1. The van der Waals surface area contributed by atoms with Crippen molar-refractivity contribution in [2.45, 2.75) is 20.4 Å². The molecule has 1 N–H and O–H groups in total. The summed E-state index contributed by atoms with van der Waals surface area (Å²) < 4.78 is 0. The number of rotatable bonds is 3. The Hall–Kier alpha value is -2.69. The molecule has 112 valence electrons. The quantitative estimate of drug-likeness (QED) is 0.808. The Morgan fingerprint density at radius 1 is 1.09 bits per heavy atom. The summed E-state index contributed by atoms with van der Waals surface area (Å²) >= 11 is 0. The van der Waals surface area contributed by atoms with Crippen molar-refractivity contribution < 1.29 is 4.79 Å². The molecule has 0 fully saturated rings. The van der Waals surface area contributed by atoms with Gasteiger partial charge in [0.15, 0.2) is 0 Å². The van der Waals surface area contributed by atoms with Crippen molar-refractivity contribution in [1.29, 1.82) is 0 Å². The Balaban J connectivity index is 1.81. The van der Waals surface area contributed by atoms with E-state index >= 15 is 0 Å². The minimum absolute atomic E-state index is 0.0233. The van der Waals surface area contributed by atoms with Crippen molar-refractivity contribution in [3.05, 3.63) is 58.7 Å². The van der Waals surface area contributed by atoms with Crippen LogP contribution in [0.3, 0.4) is 0 Å². The van der Waals surface area contributed by atoms with E-state index < -0.39 is 0 Å². The molecule has 0 spiro atoms. The van der Waals surface area contributed by atoms with E-state index in [0.29, 0.717) is 17.6 Å². The first-order valence-electron chi connectivity index (χ1n) is 7.17. The fraction of sp³-hybridized carbons (Fsp3) is 0.235. The maximum Gasteiger partial charge on any atom is 0.253 e. The molecule has 3 aromatic rings. The van der Waals surface area contributed by atoms with Crippen LogP contribution in [0.5, 0.6) is 0 Å². The highest BCUT2D eigenvalue weighted by atomic mass is 16.2. The number of amides is 1. The largest absolute Gasteiger partial charge is 0.337 e. The van der Waals surface area contributed by atoms with Gasteiger partial charge in [-0.1, -0.05) is 23.8 Å². The van der Waals surface area contributed by atoms with Gasteiger partial charge in [0, 0.05) is 19.2 Å². The van der Waals surface area contributed by atoms with Gasteiger partial charge < -0.3 is 4.90 Å². The number of hydrogen-bond acceptors (Lipinski definition) is 3. The van der Waals surface area contributed by atoms with Crippen molar-refractivity contribution in [2.24, 2.45) is 0 Å². The average Bonchev–Trinajstić information content (AvgIpc) is 2.96. The molecular formula is C17H18N4O. The lowest BCUT2D eigenvalue weighted by atomic mass is 10.1. The highest BCUT2D eigenvalue weighted by Gasteiger charge is 2.14. The van der Waals surface area contributed by atoms with Gasteiger partial charge in [-0.05, 0) is 43.2 Å². The summed E-state index contributed by atoms with van der Waals surface area (Å²) in [6.07, 6.45) is 0. The fourth-order valence-corrected chi connectivity index (χ4v) is 2.54. The molecule has 2 aromatic carbocycles. The van der Waals surface area contributed by atoms with E-state index in [9.17, 15) is 4.79 Å². The molecule has 0 saturated carbocycles. The third kappa shape index (κ3) is 2.70. The van der Waals surface area contributed by atoms with E-state index in [-0.39, 0.29) is 5.91 Å². The molecule has 1 heterocycles. The van der Waals surface area contributed by atoms with Crippen LogP contribution in [0.1, 0.15) is 27.0 Å². The zero-order valence-electron chi connectivity index (χ0n) is 12.9. The summed E-state index contributed by atoms with van der Waals surface area (Å²) in [5, 5.41) is 10.6. The number of nitrogens with zero attached hydrogens (tertiary/aromatic N) is 3. The summed E-state index contributed by atoms with van der Waals surface area (Å²) in [5.41, 5.74) is 5.66. The molecule has 5 nitrogen and oxygen atoms in total. The second kappa shape index (κ2) is 5.60. The third-order valence-electron chi connectivity index (χ3n) is 3.82. The molecule has 1 aromatic heterocycles. The van der Waals surface area contributed by atoms with E-state index in [4.69, 9.17) is 0 Å². The van der Waals surface area contributed by atoms with Crippen molar-refractivity contribution >= 4 is 16.9 Å². The highest BCUT2D eigenvalue weighted by Crippen LogP contribution is 2.16. The molecule has 0 unspecified atom stereocenters. The number of aromatic amines is 1. The van der Waals surface area contributed by atoms with Gasteiger partial charge in [0.1, 0.15) is 11.0 Å². The molecule has 0 atom stereocenters. The smallest absolute Gasteiger partial charge is 0.253 e. The normalized spacial score (nSPS) is 10.9. The molecular weight excluding hydrogens is 276 g/mol. The molecule has 0 aliphatic rings. The lowest BCUT2D eigenvalue weighted by molar-refractivity contribution is 0.0785. The third-order valence-corrected chi connectivity index (χ3v) is 3.82. The Morgan fingerprint density at radius 2 is 1.86 bits per heavy atom. The van der Waals surface area contributed by atoms with Crippen LogP contribution in [0.25, 0.3) is 11.0 Å². The number of aromatic nitrogens is 3. The molecule has 0 radical (unpaired) electrons. The maximum absolute atomic E-state index is 12.6. The van der Waals surface area contributed by atoms with Crippen LogP contribution in [0.2, 0.25) is 0 Å². The van der Waals surface area contributed by atoms with Gasteiger partial charge in [-0.15, -0.1) is 0 Å². The summed E-state index contributed by atoms with van der Waals surface area (Å²) in [6.45, 7) is 4.72. The topological polar surface area (TPSA) is 61.9 Å². The Morgan fingerprint density at radius 3 is 2.64 bits per heavy atom. The number of aryl methyl sites for hydroxylation is 2. The second-order valence-electron chi connectivity index (χ2n) is 5.62. The summed E-state index contributed by atoms with van der Waals surface area (Å²) in [6, 6.07) is 11.6. The van der Waals surface area contributed by atoms with E-state index in [1.165, 1.54) is 11.1 Å². The fourth-order valence-electron chi connectivity index (χ4n) is 2.54. The first kappa shape index (κ1) is 14.3. The minimum atomic E-state index is -0.0233. The van der Waals surface area contributed by atoms with E-state index in [0.717, 1.165) is 11.1 Å². The molecule has 0 aliphatic heterocycles. The van der Waals surface area contributed by atoms with Crippen LogP contribution in [-0.4, -0.2) is 33.3 Å². The van der Waals surface area contributed by atoms with Crippen LogP contribution in [0.15, 0.2) is 36.4 Å². The van der Waals surface area contributed by atoms with Gasteiger partial charge in [0.25, 0.3) is 5.91 Å². The number of H-pyrrole nitrogens is 1. The molecule has 5 heteroatoms. The van der Waals surface area contributed by atoms with Crippen molar-refractivity contribution in [3.63, 3.8) is 0 Å². The second-order valence-corrected chi connectivity index (χ2v) is 5.62. The van der Waals surface area contributed by atoms with Crippen LogP contribution in [0.4, 0.5) is 0 Å². The molecule has 1 amide bonds. The molecule has 0 aliphatic carbocycles. The number of fused-ring (bicyclic) bond motifs is 1. The molecule has 22 heavy (non-hydrogen) atoms. The number of hydrogen-bond donors (Lipinski definition) is 1. The SMILES string of the molecule is Cc1ccc(CN(C)C(=O)c2ccc3n[nH]nc3c2)c(C)c1. The maximum atomic E-state index is 12.6. The van der Waals surface area contributed by atoms with Gasteiger partial charge >= 0.3 is 0 Å². The number of benzene rings is 2. The minimum Gasteiger partial charge on any atom is -0.337 e. The van der Waals surface area contributed by atoms with E-state index in [2.05, 4.69) is 47.5 Å². The van der Waals surface area contributed by atoms with Gasteiger partial charge in [-0.3, -0.25) is 4.79 Å². The van der Waals surface area contributed by atoms with Gasteiger partial charge in [-0.25, -0.2) is 0 Å². The molecule has 3 rings (SSSR count). The predicted octanol–water partition coefficient (Wildman–Crippen LogP) is 2.85. The first-order chi connectivity index (χ1) is 10.5. The van der Waals surface area contributed by atoms with Crippen LogP contribution in [-0.2, 0) is 6.54 Å². The van der Waals surface area contributed by atoms with Crippen molar-refractivity contribution in [3.8, 4) is 0 Å². The van der Waals surface area contributed by atoms with Gasteiger partial charge in [0.2, 0.25) is 0 Å². The lowest BCUT2D eigenvalue weighted by Gasteiger charge is -2.19. The van der Waals surface area contributed by atoms with E-state index in [1.54, 1.807) is 23.1 Å². The van der Waals surface area contributed by atoms with Crippen molar-refractivity contribution in [2.75, 3.05) is 7.05 Å². The summed E-state index contributed by atoms with van der Waals surface area (Å²) in [5.74, 6) is -0.0233. The molecule has 0 bridgehead atoms. The number of nitrogens with one attached hydrogen (secondary N) is 1. The van der Waals surface area contributed by atoms with Crippen LogP contribution in [0, 0.1) is 13.8 Å². The Bertz CT molecular complexity index is 838. The zero-order chi connectivity index (χ0) is 15.7. The van der Waals surface area contributed by atoms with Crippen molar-refractivity contribution in [1.82, 2.24) is 20.3 Å². The summed E-state index contributed by atoms with van der Waals surface area (Å²) in [7, 11) is 1.81. The van der Waals surface area contributed by atoms with Gasteiger partial charge in [-0.2, -0.15) is 15.4 Å². The Labute approximate surface area is 129 Å². The number of carbonyl (C=O) groups is 1. The van der Waals surface area contributed by atoms with Crippen LogP contribution < -0.4 is 0 Å².